The van der Waals surface area contributed by atoms with Crippen LogP contribution in [-0.4, -0.2) is 18.0 Å². The van der Waals surface area contributed by atoms with Crippen LogP contribution in [0.15, 0.2) is 48.5 Å². The lowest BCUT2D eigenvalue weighted by molar-refractivity contribution is -0.167. The maximum absolute atomic E-state index is 12.9. The van der Waals surface area contributed by atoms with E-state index in [1.807, 2.05) is 0 Å². The molecule has 1 atom stereocenters. The van der Waals surface area contributed by atoms with E-state index in [0.717, 1.165) is 5.56 Å². The molecule has 4 nitrogen and oxygen atoms in total. The van der Waals surface area contributed by atoms with Gasteiger partial charge in [-0.15, -0.1) is 0 Å². The first-order valence-corrected chi connectivity index (χ1v) is 7.68. The smallest absolute Gasteiger partial charge is 0.326 e. The first-order valence-electron chi connectivity index (χ1n) is 7.68. The average Bonchev–Trinajstić information content (AvgIpc) is 2.57. The number of hydrogen-bond donors (Lipinski definition) is 2. The summed E-state index contributed by atoms with van der Waals surface area (Å²) in [4.78, 5) is 23.0. The van der Waals surface area contributed by atoms with E-state index in [-0.39, 0.29) is 17.4 Å². The van der Waals surface area contributed by atoms with Gasteiger partial charge >= 0.3 is 12.1 Å². The van der Waals surface area contributed by atoms with Crippen LogP contribution in [0, 0.1) is 11.7 Å². The van der Waals surface area contributed by atoms with Gasteiger partial charge in [-0.1, -0.05) is 19.1 Å². The summed E-state index contributed by atoms with van der Waals surface area (Å²) < 4.78 is 49.4. The zero-order chi connectivity index (χ0) is 19.3. The quantitative estimate of drug-likeness (QED) is 0.779. The maximum Gasteiger partial charge on any atom is 0.471 e. The minimum Gasteiger partial charge on any atom is -0.326 e. The molecule has 0 aliphatic rings. The standard InChI is InChI=1S/C18H16F4N2O2/c1-11(10-12-2-4-13(19)5-3-12)16(25)23-14-6-8-15(9-7-14)24-17(26)18(20,21)22/h2-9,11H,10H2,1H3,(H,23,25)(H,24,26). The van der Waals surface area contributed by atoms with Gasteiger partial charge in [0.15, 0.2) is 0 Å². The van der Waals surface area contributed by atoms with Crippen molar-refractivity contribution in [2.24, 2.45) is 5.92 Å². The Labute approximate surface area is 147 Å². The van der Waals surface area contributed by atoms with Gasteiger partial charge in [0.1, 0.15) is 5.82 Å². The fourth-order valence-electron chi connectivity index (χ4n) is 2.17. The topological polar surface area (TPSA) is 58.2 Å². The summed E-state index contributed by atoms with van der Waals surface area (Å²) in [6.45, 7) is 1.70. The van der Waals surface area contributed by atoms with E-state index in [9.17, 15) is 27.2 Å². The zero-order valence-corrected chi connectivity index (χ0v) is 13.7. The Bertz CT molecular complexity index is 771. The third kappa shape index (κ3) is 5.58. The van der Waals surface area contributed by atoms with E-state index in [1.54, 1.807) is 24.4 Å². The molecule has 0 bridgehead atoms. The molecule has 2 N–H and O–H groups in total. The number of alkyl halides is 3. The Morgan fingerprint density at radius 1 is 0.923 bits per heavy atom. The van der Waals surface area contributed by atoms with Gasteiger partial charge in [-0.2, -0.15) is 13.2 Å². The Balaban J connectivity index is 1.92. The molecule has 0 radical (unpaired) electrons. The Morgan fingerprint density at radius 3 is 1.92 bits per heavy atom. The van der Waals surface area contributed by atoms with Gasteiger partial charge in [-0.3, -0.25) is 9.59 Å². The summed E-state index contributed by atoms with van der Waals surface area (Å²) in [5.74, 6) is -3.11. The predicted octanol–water partition coefficient (Wildman–Crippen LogP) is 4.14. The molecule has 138 valence electrons. The molecule has 2 aromatic carbocycles. The van der Waals surface area contributed by atoms with Crippen molar-refractivity contribution in [3.8, 4) is 0 Å². The van der Waals surface area contributed by atoms with Gasteiger partial charge < -0.3 is 10.6 Å². The zero-order valence-electron chi connectivity index (χ0n) is 13.7. The maximum atomic E-state index is 12.9. The van der Waals surface area contributed by atoms with Crippen molar-refractivity contribution in [1.82, 2.24) is 0 Å². The highest BCUT2D eigenvalue weighted by Crippen LogP contribution is 2.20. The SMILES string of the molecule is CC(Cc1ccc(F)cc1)C(=O)Nc1ccc(NC(=O)C(F)(F)F)cc1. The first kappa shape index (κ1) is 19.4. The van der Waals surface area contributed by atoms with Crippen LogP contribution in [0.4, 0.5) is 28.9 Å². The van der Waals surface area contributed by atoms with Gasteiger partial charge in [0.25, 0.3) is 0 Å². The lowest BCUT2D eigenvalue weighted by Gasteiger charge is -2.13. The Kier molecular flexibility index (Phi) is 5.97. The third-order valence-corrected chi connectivity index (χ3v) is 3.57. The third-order valence-electron chi connectivity index (χ3n) is 3.57. The second-order valence-electron chi connectivity index (χ2n) is 5.75. The van der Waals surface area contributed by atoms with Crippen LogP contribution in [0.2, 0.25) is 0 Å². The molecule has 0 aliphatic heterocycles. The number of halogens is 4. The van der Waals surface area contributed by atoms with Crippen LogP contribution < -0.4 is 10.6 Å². The second-order valence-corrected chi connectivity index (χ2v) is 5.75. The molecular formula is C18H16F4N2O2. The van der Waals surface area contributed by atoms with E-state index in [4.69, 9.17) is 0 Å². The van der Waals surface area contributed by atoms with Crippen molar-refractivity contribution in [3.05, 3.63) is 59.9 Å². The van der Waals surface area contributed by atoms with E-state index >= 15 is 0 Å². The molecular weight excluding hydrogens is 352 g/mol. The van der Waals surface area contributed by atoms with E-state index in [1.165, 1.54) is 36.4 Å². The Hall–Kier alpha value is -2.90. The Morgan fingerprint density at radius 2 is 1.42 bits per heavy atom. The molecule has 0 aromatic heterocycles. The molecule has 0 fully saturated rings. The largest absolute Gasteiger partial charge is 0.471 e. The van der Waals surface area contributed by atoms with Crippen LogP contribution >= 0.6 is 0 Å². The first-order chi connectivity index (χ1) is 12.1. The van der Waals surface area contributed by atoms with Gasteiger partial charge in [-0.05, 0) is 48.4 Å². The number of carbonyl (C=O) groups excluding carboxylic acids is 2. The monoisotopic (exact) mass is 368 g/mol. The summed E-state index contributed by atoms with van der Waals surface area (Å²) in [5, 5.41) is 4.35. The average molecular weight is 368 g/mol. The summed E-state index contributed by atoms with van der Waals surface area (Å²) in [5.41, 5.74) is 1.15. The minimum atomic E-state index is -4.97. The van der Waals surface area contributed by atoms with Crippen LogP contribution in [0.25, 0.3) is 0 Å². The van der Waals surface area contributed by atoms with Crippen molar-refractivity contribution in [1.29, 1.82) is 0 Å². The van der Waals surface area contributed by atoms with Crippen molar-refractivity contribution in [2.75, 3.05) is 10.6 Å². The number of hydrogen-bond acceptors (Lipinski definition) is 2. The van der Waals surface area contributed by atoms with Crippen molar-refractivity contribution < 1.29 is 27.2 Å². The number of anilines is 2. The minimum absolute atomic E-state index is 0.0373. The van der Waals surface area contributed by atoms with Gasteiger partial charge in [-0.25, -0.2) is 4.39 Å². The van der Waals surface area contributed by atoms with Gasteiger partial charge in [0.05, 0.1) is 0 Å². The molecule has 0 spiro atoms. The van der Waals surface area contributed by atoms with Crippen LogP contribution in [0.1, 0.15) is 12.5 Å². The summed E-state index contributed by atoms with van der Waals surface area (Å²) in [6, 6.07) is 11.1. The summed E-state index contributed by atoms with van der Waals surface area (Å²) in [6.07, 6.45) is -4.56. The molecule has 0 aliphatic carbocycles. The van der Waals surface area contributed by atoms with E-state index < -0.39 is 18.0 Å². The molecule has 2 amide bonds. The highest BCUT2D eigenvalue weighted by atomic mass is 19.4. The van der Waals surface area contributed by atoms with Gasteiger partial charge in [0, 0.05) is 17.3 Å². The highest BCUT2D eigenvalue weighted by Gasteiger charge is 2.38. The fourth-order valence-corrected chi connectivity index (χ4v) is 2.17. The molecule has 2 rings (SSSR count). The number of carbonyl (C=O) groups is 2. The lowest BCUT2D eigenvalue weighted by atomic mass is 10.0. The van der Waals surface area contributed by atoms with Crippen LogP contribution in [-0.2, 0) is 16.0 Å². The summed E-state index contributed by atoms with van der Waals surface area (Å²) in [7, 11) is 0. The van der Waals surface area contributed by atoms with Crippen molar-refractivity contribution in [3.63, 3.8) is 0 Å². The normalized spacial score (nSPS) is 12.3. The molecule has 0 saturated carbocycles. The molecule has 8 heteroatoms. The number of rotatable bonds is 5. The molecule has 1 unspecified atom stereocenters. The van der Waals surface area contributed by atoms with Crippen molar-refractivity contribution >= 4 is 23.2 Å². The number of benzene rings is 2. The molecule has 0 heterocycles. The number of nitrogens with one attached hydrogen (secondary N) is 2. The fraction of sp³-hybridized carbons (Fsp3) is 0.222. The van der Waals surface area contributed by atoms with E-state index in [0.29, 0.717) is 12.1 Å². The molecule has 2 aromatic rings. The summed E-state index contributed by atoms with van der Waals surface area (Å²) >= 11 is 0. The van der Waals surface area contributed by atoms with Gasteiger partial charge in [0.2, 0.25) is 5.91 Å². The van der Waals surface area contributed by atoms with E-state index in [2.05, 4.69) is 5.32 Å². The second kappa shape index (κ2) is 7.99. The molecule has 0 saturated heterocycles. The van der Waals surface area contributed by atoms with Crippen LogP contribution in [0.3, 0.4) is 0 Å². The van der Waals surface area contributed by atoms with Crippen molar-refractivity contribution in [2.45, 2.75) is 19.5 Å². The lowest BCUT2D eigenvalue weighted by Crippen LogP contribution is -2.29. The molecule has 26 heavy (non-hydrogen) atoms. The predicted molar refractivity (Wildman–Crippen MR) is 89.0 cm³/mol. The van der Waals surface area contributed by atoms with Crippen LogP contribution in [0.5, 0.6) is 0 Å². The highest BCUT2D eigenvalue weighted by molar-refractivity contribution is 5.96. The number of amides is 2.